The highest BCUT2D eigenvalue weighted by Crippen LogP contribution is 2.17. The van der Waals surface area contributed by atoms with E-state index in [2.05, 4.69) is 26.1 Å². The Labute approximate surface area is 92.9 Å². The molecule has 1 rings (SSSR count). The summed E-state index contributed by atoms with van der Waals surface area (Å²) in [7, 11) is 1.76. The molecule has 1 heterocycles. The van der Waals surface area contributed by atoms with E-state index >= 15 is 0 Å². The normalized spacial score (nSPS) is 28.3. The number of halogens is 1. The van der Waals surface area contributed by atoms with E-state index in [1.165, 1.54) is 0 Å². The van der Waals surface area contributed by atoms with E-state index in [9.17, 15) is 0 Å². The number of nitrogens with one attached hydrogen (secondary N) is 1. The summed E-state index contributed by atoms with van der Waals surface area (Å²) in [4.78, 5) is 0. The van der Waals surface area contributed by atoms with Crippen LogP contribution >= 0.6 is 12.4 Å². The summed E-state index contributed by atoms with van der Waals surface area (Å²) in [5.74, 6) is 0. The summed E-state index contributed by atoms with van der Waals surface area (Å²) in [5, 5.41) is 3.31. The number of hydrogen-bond donors (Lipinski definition) is 1. The molecule has 0 aromatic carbocycles. The third-order valence-electron chi connectivity index (χ3n) is 2.12. The molecular weight excluding hydrogens is 202 g/mol. The van der Waals surface area contributed by atoms with Crippen molar-refractivity contribution in [1.29, 1.82) is 0 Å². The van der Waals surface area contributed by atoms with Crippen molar-refractivity contribution in [3.63, 3.8) is 0 Å². The highest BCUT2D eigenvalue weighted by Gasteiger charge is 2.25. The minimum atomic E-state index is -0.0536. The second-order valence-corrected chi connectivity index (χ2v) is 4.60. The minimum absolute atomic E-state index is 0. The molecule has 0 aromatic rings. The van der Waals surface area contributed by atoms with Gasteiger partial charge < -0.3 is 14.8 Å². The van der Waals surface area contributed by atoms with Crippen LogP contribution in [0.1, 0.15) is 27.2 Å². The van der Waals surface area contributed by atoms with Crippen molar-refractivity contribution in [2.75, 3.05) is 20.2 Å². The monoisotopic (exact) mass is 223 g/mol. The Hall–Kier alpha value is 0.170. The number of hydrogen-bond acceptors (Lipinski definition) is 3. The predicted molar refractivity (Wildman–Crippen MR) is 60.2 cm³/mol. The largest absolute Gasteiger partial charge is 0.380 e. The standard InChI is InChI=1S/C10H21NO2.ClH/c1-10(2,3)13-9-5-8(12-4)6-11-7-9;/h8-9,11H,5-7H2,1-4H3;1H/t8-,9+;/m0./s1. The molecule has 1 aliphatic heterocycles. The first kappa shape index (κ1) is 14.2. The van der Waals surface area contributed by atoms with Gasteiger partial charge in [0.1, 0.15) is 0 Å². The minimum Gasteiger partial charge on any atom is -0.380 e. The molecule has 0 unspecified atom stereocenters. The van der Waals surface area contributed by atoms with E-state index in [1.54, 1.807) is 7.11 Å². The summed E-state index contributed by atoms with van der Waals surface area (Å²) in [6.07, 6.45) is 1.60. The van der Waals surface area contributed by atoms with Gasteiger partial charge in [0.15, 0.2) is 0 Å². The summed E-state index contributed by atoms with van der Waals surface area (Å²) in [5.41, 5.74) is -0.0536. The molecule has 2 atom stereocenters. The van der Waals surface area contributed by atoms with Crippen LogP contribution in [0.2, 0.25) is 0 Å². The molecule has 3 nitrogen and oxygen atoms in total. The predicted octanol–water partition coefficient (Wildman–Crippen LogP) is 1.60. The molecule has 0 aromatic heterocycles. The lowest BCUT2D eigenvalue weighted by atomic mass is 10.1. The smallest absolute Gasteiger partial charge is 0.0731 e. The van der Waals surface area contributed by atoms with Gasteiger partial charge in [0.25, 0.3) is 0 Å². The average molecular weight is 224 g/mol. The number of methoxy groups -OCH3 is 1. The van der Waals surface area contributed by atoms with Gasteiger partial charge in [0, 0.05) is 26.6 Å². The van der Waals surface area contributed by atoms with Crippen molar-refractivity contribution in [2.45, 2.75) is 45.0 Å². The molecule has 1 N–H and O–H groups in total. The maximum Gasteiger partial charge on any atom is 0.0731 e. The van der Waals surface area contributed by atoms with Gasteiger partial charge in [0.05, 0.1) is 17.8 Å². The molecule has 0 radical (unpaired) electrons. The van der Waals surface area contributed by atoms with Crippen LogP contribution in [0.15, 0.2) is 0 Å². The van der Waals surface area contributed by atoms with Crippen LogP contribution in [0.25, 0.3) is 0 Å². The van der Waals surface area contributed by atoms with Gasteiger partial charge in [-0.15, -0.1) is 12.4 Å². The molecule has 0 saturated carbocycles. The van der Waals surface area contributed by atoms with Crippen molar-refractivity contribution in [2.24, 2.45) is 0 Å². The third-order valence-corrected chi connectivity index (χ3v) is 2.12. The number of rotatable bonds is 2. The zero-order chi connectivity index (χ0) is 9.90. The summed E-state index contributed by atoms with van der Waals surface area (Å²) < 4.78 is 11.2. The SMILES string of the molecule is CO[C@@H]1CNC[C@H](OC(C)(C)C)C1.Cl. The molecule has 4 heteroatoms. The van der Waals surface area contributed by atoms with Gasteiger partial charge in [-0.05, 0) is 20.8 Å². The second kappa shape index (κ2) is 5.91. The summed E-state index contributed by atoms with van der Waals surface area (Å²) in [6.45, 7) is 8.15. The Morgan fingerprint density at radius 1 is 1.14 bits per heavy atom. The maximum absolute atomic E-state index is 5.87. The van der Waals surface area contributed by atoms with Crippen molar-refractivity contribution >= 4 is 12.4 Å². The van der Waals surface area contributed by atoms with Gasteiger partial charge in [0.2, 0.25) is 0 Å². The van der Waals surface area contributed by atoms with Gasteiger partial charge in [-0.2, -0.15) is 0 Å². The lowest BCUT2D eigenvalue weighted by molar-refractivity contribution is -0.0901. The highest BCUT2D eigenvalue weighted by atomic mass is 35.5. The summed E-state index contributed by atoms with van der Waals surface area (Å²) in [6, 6.07) is 0. The molecule has 1 saturated heterocycles. The van der Waals surface area contributed by atoms with Gasteiger partial charge in [-0.1, -0.05) is 0 Å². The fourth-order valence-corrected chi connectivity index (χ4v) is 1.63. The van der Waals surface area contributed by atoms with Crippen molar-refractivity contribution < 1.29 is 9.47 Å². The topological polar surface area (TPSA) is 30.5 Å². The van der Waals surface area contributed by atoms with Gasteiger partial charge >= 0.3 is 0 Å². The average Bonchev–Trinajstić information content (AvgIpc) is 2.01. The number of piperidine rings is 1. The Bertz CT molecular complexity index is 159. The van der Waals surface area contributed by atoms with Gasteiger partial charge in [-0.25, -0.2) is 0 Å². The van der Waals surface area contributed by atoms with Crippen LogP contribution in [0, 0.1) is 0 Å². The summed E-state index contributed by atoms with van der Waals surface area (Å²) >= 11 is 0. The zero-order valence-electron chi connectivity index (χ0n) is 9.50. The lowest BCUT2D eigenvalue weighted by Crippen LogP contribution is -2.46. The first-order valence-corrected chi connectivity index (χ1v) is 4.92. The van der Waals surface area contributed by atoms with Crippen molar-refractivity contribution in [1.82, 2.24) is 5.32 Å². The maximum atomic E-state index is 5.87. The van der Waals surface area contributed by atoms with E-state index < -0.39 is 0 Å². The van der Waals surface area contributed by atoms with Crippen LogP contribution in [0.4, 0.5) is 0 Å². The van der Waals surface area contributed by atoms with Crippen LogP contribution in [-0.2, 0) is 9.47 Å². The van der Waals surface area contributed by atoms with Crippen LogP contribution < -0.4 is 5.32 Å². The zero-order valence-corrected chi connectivity index (χ0v) is 10.3. The Kier molecular flexibility index (Phi) is 5.98. The van der Waals surface area contributed by atoms with Gasteiger partial charge in [-0.3, -0.25) is 0 Å². The molecule has 0 spiro atoms. The fraction of sp³-hybridized carbons (Fsp3) is 1.00. The molecular formula is C10H22ClNO2. The molecule has 14 heavy (non-hydrogen) atoms. The lowest BCUT2D eigenvalue weighted by Gasteiger charge is -2.33. The van der Waals surface area contributed by atoms with E-state index in [0.717, 1.165) is 19.5 Å². The number of ether oxygens (including phenoxy) is 2. The molecule has 86 valence electrons. The molecule has 0 aliphatic carbocycles. The van der Waals surface area contributed by atoms with Crippen molar-refractivity contribution in [3.8, 4) is 0 Å². The van der Waals surface area contributed by atoms with Crippen LogP contribution in [0.3, 0.4) is 0 Å². The fourth-order valence-electron chi connectivity index (χ4n) is 1.63. The van der Waals surface area contributed by atoms with E-state index in [-0.39, 0.29) is 18.0 Å². The molecule has 1 fully saturated rings. The molecule has 0 bridgehead atoms. The van der Waals surface area contributed by atoms with E-state index in [1.807, 2.05) is 0 Å². The van der Waals surface area contributed by atoms with Crippen molar-refractivity contribution in [3.05, 3.63) is 0 Å². The Morgan fingerprint density at radius 2 is 1.71 bits per heavy atom. The van der Waals surface area contributed by atoms with Crippen LogP contribution in [-0.4, -0.2) is 38.0 Å². The van der Waals surface area contributed by atoms with E-state index in [0.29, 0.717) is 12.2 Å². The van der Waals surface area contributed by atoms with Crippen LogP contribution in [0.5, 0.6) is 0 Å². The highest BCUT2D eigenvalue weighted by molar-refractivity contribution is 5.85. The molecule has 1 aliphatic rings. The quantitative estimate of drug-likeness (QED) is 0.772. The Morgan fingerprint density at radius 3 is 2.21 bits per heavy atom. The first-order chi connectivity index (χ1) is 6.01. The Balaban J connectivity index is 0.00000169. The third kappa shape index (κ3) is 5.15. The molecule has 0 amide bonds. The van der Waals surface area contributed by atoms with E-state index in [4.69, 9.17) is 9.47 Å². The first-order valence-electron chi connectivity index (χ1n) is 4.92. The second-order valence-electron chi connectivity index (χ2n) is 4.60.